The molecule has 2 unspecified atom stereocenters. The highest BCUT2D eigenvalue weighted by Gasteiger charge is 2.20. The molecule has 0 saturated heterocycles. The molecular formula is C12H19NS. The van der Waals surface area contributed by atoms with E-state index in [0.717, 1.165) is 5.92 Å². The summed E-state index contributed by atoms with van der Waals surface area (Å²) in [4.78, 5) is 1.49. The molecule has 0 aliphatic heterocycles. The second-order valence-corrected chi connectivity index (χ2v) is 5.53. The SMILES string of the molecule is Cc1sccc1C1CCCCC(N)C1. The van der Waals surface area contributed by atoms with E-state index in [9.17, 15) is 0 Å². The Morgan fingerprint density at radius 2 is 2.14 bits per heavy atom. The van der Waals surface area contributed by atoms with Crippen LogP contribution in [-0.4, -0.2) is 6.04 Å². The van der Waals surface area contributed by atoms with E-state index >= 15 is 0 Å². The standard InChI is InChI=1S/C12H19NS/c1-9-12(6-7-14-9)10-4-2-3-5-11(13)8-10/h6-7,10-11H,2-5,8,13H2,1H3. The van der Waals surface area contributed by atoms with E-state index in [-0.39, 0.29) is 0 Å². The van der Waals surface area contributed by atoms with Crippen LogP contribution in [-0.2, 0) is 0 Å². The molecule has 0 radical (unpaired) electrons. The minimum atomic E-state index is 0.432. The summed E-state index contributed by atoms with van der Waals surface area (Å²) >= 11 is 1.87. The quantitative estimate of drug-likeness (QED) is 0.705. The molecule has 1 aromatic rings. The number of aryl methyl sites for hydroxylation is 1. The van der Waals surface area contributed by atoms with Crippen molar-refractivity contribution in [1.29, 1.82) is 0 Å². The van der Waals surface area contributed by atoms with Crippen molar-refractivity contribution in [3.8, 4) is 0 Å². The van der Waals surface area contributed by atoms with Crippen molar-refractivity contribution in [3.05, 3.63) is 21.9 Å². The van der Waals surface area contributed by atoms with Gasteiger partial charge < -0.3 is 5.73 Å². The molecule has 14 heavy (non-hydrogen) atoms. The third-order valence-electron chi connectivity index (χ3n) is 3.30. The van der Waals surface area contributed by atoms with Gasteiger partial charge >= 0.3 is 0 Å². The Labute approximate surface area is 90.3 Å². The number of thiophene rings is 1. The van der Waals surface area contributed by atoms with Crippen molar-refractivity contribution in [3.63, 3.8) is 0 Å². The van der Waals surface area contributed by atoms with Crippen LogP contribution in [0.5, 0.6) is 0 Å². The zero-order chi connectivity index (χ0) is 9.97. The van der Waals surface area contributed by atoms with Crippen LogP contribution in [0.25, 0.3) is 0 Å². The van der Waals surface area contributed by atoms with Crippen molar-refractivity contribution < 1.29 is 0 Å². The third kappa shape index (κ3) is 2.18. The largest absolute Gasteiger partial charge is 0.328 e. The maximum absolute atomic E-state index is 6.08. The van der Waals surface area contributed by atoms with Crippen molar-refractivity contribution >= 4 is 11.3 Å². The van der Waals surface area contributed by atoms with E-state index in [4.69, 9.17) is 5.73 Å². The number of hydrogen-bond donors (Lipinski definition) is 1. The monoisotopic (exact) mass is 209 g/mol. The molecule has 0 amide bonds. The van der Waals surface area contributed by atoms with E-state index < -0.39 is 0 Å². The summed E-state index contributed by atoms with van der Waals surface area (Å²) < 4.78 is 0. The normalized spacial score (nSPS) is 28.7. The Morgan fingerprint density at radius 1 is 1.36 bits per heavy atom. The van der Waals surface area contributed by atoms with Crippen LogP contribution >= 0.6 is 11.3 Å². The fourth-order valence-electron chi connectivity index (χ4n) is 2.50. The number of hydrogen-bond acceptors (Lipinski definition) is 2. The lowest BCUT2D eigenvalue weighted by Crippen LogP contribution is -2.20. The molecular weight excluding hydrogens is 190 g/mol. The molecule has 1 heterocycles. The Bertz CT molecular complexity index is 292. The van der Waals surface area contributed by atoms with Crippen molar-refractivity contribution in [2.75, 3.05) is 0 Å². The molecule has 78 valence electrons. The Kier molecular flexibility index (Phi) is 3.24. The molecule has 1 nitrogen and oxygen atoms in total. The van der Waals surface area contributed by atoms with Gasteiger partial charge in [0.15, 0.2) is 0 Å². The van der Waals surface area contributed by atoms with Crippen LogP contribution in [0, 0.1) is 6.92 Å². The van der Waals surface area contributed by atoms with E-state index in [1.165, 1.54) is 37.0 Å². The molecule has 2 rings (SSSR count). The summed E-state index contributed by atoms with van der Waals surface area (Å²) in [7, 11) is 0. The molecule has 2 atom stereocenters. The number of nitrogens with two attached hydrogens (primary N) is 1. The molecule has 1 aromatic heterocycles. The first-order valence-corrected chi connectivity index (χ1v) is 6.45. The fourth-order valence-corrected chi connectivity index (χ4v) is 3.29. The lowest BCUT2D eigenvalue weighted by molar-refractivity contribution is 0.535. The number of rotatable bonds is 1. The van der Waals surface area contributed by atoms with E-state index in [0.29, 0.717) is 6.04 Å². The van der Waals surface area contributed by atoms with Gasteiger partial charge in [0.25, 0.3) is 0 Å². The fraction of sp³-hybridized carbons (Fsp3) is 0.667. The van der Waals surface area contributed by atoms with Gasteiger partial charge in [0.1, 0.15) is 0 Å². The van der Waals surface area contributed by atoms with Gasteiger partial charge in [-0.15, -0.1) is 11.3 Å². The minimum Gasteiger partial charge on any atom is -0.328 e. The minimum absolute atomic E-state index is 0.432. The summed E-state index contributed by atoms with van der Waals surface area (Å²) in [6, 6.07) is 2.73. The van der Waals surface area contributed by atoms with Gasteiger partial charge in [-0.05, 0) is 49.1 Å². The summed E-state index contributed by atoms with van der Waals surface area (Å²) in [5.41, 5.74) is 7.65. The van der Waals surface area contributed by atoms with Crippen molar-refractivity contribution in [2.45, 2.75) is 51.0 Å². The lowest BCUT2D eigenvalue weighted by atomic mass is 9.91. The predicted molar refractivity (Wildman–Crippen MR) is 62.9 cm³/mol. The Hall–Kier alpha value is -0.340. The van der Waals surface area contributed by atoms with Gasteiger partial charge in [-0.2, -0.15) is 0 Å². The molecule has 0 spiro atoms. The van der Waals surface area contributed by atoms with Gasteiger partial charge in [0.05, 0.1) is 0 Å². The van der Waals surface area contributed by atoms with Crippen molar-refractivity contribution in [1.82, 2.24) is 0 Å². The molecule has 1 aliphatic carbocycles. The average molecular weight is 209 g/mol. The molecule has 0 aromatic carbocycles. The highest BCUT2D eigenvalue weighted by atomic mass is 32.1. The van der Waals surface area contributed by atoms with Gasteiger partial charge in [-0.1, -0.05) is 12.8 Å². The lowest BCUT2D eigenvalue weighted by Gasteiger charge is -2.16. The summed E-state index contributed by atoms with van der Waals surface area (Å²) in [6.07, 6.45) is 6.43. The maximum atomic E-state index is 6.08. The zero-order valence-electron chi connectivity index (χ0n) is 8.83. The maximum Gasteiger partial charge on any atom is 0.00490 e. The first-order chi connectivity index (χ1) is 6.77. The van der Waals surface area contributed by atoms with Gasteiger partial charge in [-0.3, -0.25) is 0 Å². The van der Waals surface area contributed by atoms with Crippen LogP contribution in [0.4, 0.5) is 0 Å². The van der Waals surface area contributed by atoms with E-state index in [1.54, 1.807) is 5.56 Å². The molecule has 0 bridgehead atoms. The van der Waals surface area contributed by atoms with E-state index in [2.05, 4.69) is 18.4 Å². The first kappa shape index (κ1) is 10.2. The summed E-state index contributed by atoms with van der Waals surface area (Å²) in [5, 5.41) is 2.21. The second kappa shape index (κ2) is 4.45. The smallest absolute Gasteiger partial charge is 0.00490 e. The summed E-state index contributed by atoms with van der Waals surface area (Å²) in [6.45, 7) is 2.23. The molecule has 1 aliphatic rings. The van der Waals surface area contributed by atoms with Crippen molar-refractivity contribution in [2.24, 2.45) is 5.73 Å². The third-order valence-corrected chi connectivity index (χ3v) is 4.16. The van der Waals surface area contributed by atoms with Gasteiger partial charge in [-0.25, -0.2) is 0 Å². The summed E-state index contributed by atoms with van der Waals surface area (Å²) in [5.74, 6) is 0.735. The average Bonchev–Trinajstić information content (AvgIpc) is 2.45. The molecule has 1 fully saturated rings. The van der Waals surface area contributed by atoms with Gasteiger partial charge in [0, 0.05) is 10.9 Å². The molecule has 1 saturated carbocycles. The topological polar surface area (TPSA) is 26.0 Å². The van der Waals surface area contributed by atoms with Crippen LogP contribution in [0.3, 0.4) is 0 Å². The van der Waals surface area contributed by atoms with Gasteiger partial charge in [0.2, 0.25) is 0 Å². The van der Waals surface area contributed by atoms with E-state index in [1.807, 2.05) is 11.3 Å². The highest BCUT2D eigenvalue weighted by Crippen LogP contribution is 2.34. The van der Waals surface area contributed by atoms with Crippen LogP contribution < -0.4 is 5.73 Å². The highest BCUT2D eigenvalue weighted by molar-refractivity contribution is 7.10. The predicted octanol–water partition coefficient (Wildman–Crippen LogP) is 3.43. The zero-order valence-corrected chi connectivity index (χ0v) is 9.65. The Morgan fingerprint density at radius 3 is 2.86 bits per heavy atom. The van der Waals surface area contributed by atoms with Crippen LogP contribution in [0.1, 0.15) is 48.5 Å². The van der Waals surface area contributed by atoms with Crippen LogP contribution in [0.2, 0.25) is 0 Å². The second-order valence-electron chi connectivity index (χ2n) is 4.41. The molecule has 2 N–H and O–H groups in total. The first-order valence-electron chi connectivity index (χ1n) is 5.57. The Balaban J connectivity index is 2.13. The van der Waals surface area contributed by atoms with Crippen LogP contribution in [0.15, 0.2) is 11.4 Å². The molecule has 2 heteroatoms.